The molecule has 1 aliphatic rings. The highest BCUT2D eigenvalue weighted by atomic mass is 16.6. The van der Waals surface area contributed by atoms with Crippen LogP contribution in [0.3, 0.4) is 0 Å². The van der Waals surface area contributed by atoms with Crippen molar-refractivity contribution in [3.05, 3.63) is 77.6 Å². The van der Waals surface area contributed by atoms with E-state index in [0.717, 1.165) is 52.9 Å². The van der Waals surface area contributed by atoms with Crippen molar-refractivity contribution in [3.63, 3.8) is 0 Å². The molecule has 8 heteroatoms. The summed E-state index contributed by atoms with van der Waals surface area (Å²) in [6.45, 7) is 9.68. The number of hydrogen-bond acceptors (Lipinski definition) is 5. The second kappa shape index (κ2) is 10.9. The summed E-state index contributed by atoms with van der Waals surface area (Å²) in [7, 11) is 0. The van der Waals surface area contributed by atoms with Gasteiger partial charge in [-0.1, -0.05) is 49.4 Å². The number of pyridine rings is 1. The number of benzene rings is 2. The van der Waals surface area contributed by atoms with Gasteiger partial charge >= 0.3 is 12.0 Å². The van der Waals surface area contributed by atoms with E-state index in [4.69, 9.17) is 14.7 Å². The molecule has 1 saturated heterocycles. The molecule has 0 saturated carbocycles. The Morgan fingerprint density at radius 1 is 1.03 bits per heavy atom. The van der Waals surface area contributed by atoms with Crippen LogP contribution in [0, 0.1) is 0 Å². The highest BCUT2D eigenvalue weighted by Gasteiger charge is 2.23. The number of nitrogens with one attached hydrogen (secondary N) is 1. The number of ether oxygens (including phenoxy) is 1. The zero-order valence-electron chi connectivity index (χ0n) is 23.0. The van der Waals surface area contributed by atoms with Gasteiger partial charge in [0.05, 0.1) is 12.1 Å². The Hall–Kier alpha value is -4.20. The maximum atomic E-state index is 12.9. The fourth-order valence-electron chi connectivity index (χ4n) is 4.84. The first kappa shape index (κ1) is 26.4. The number of urea groups is 1. The fourth-order valence-corrected chi connectivity index (χ4v) is 4.84. The van der Waals surface area contributed by atoms with Gasteiger partial charge in [0.1, 0.15) is 22.8 Å². The first-order valence-corrected chi connectivity index (χ1v) is 13.6. The van der Waals surface area contributed by atoms with Crippen molar-refractivity contribution in [3.8, 4) is 11.1 Å². The molecule has 3 heterocycles. The van der Waals surface area contributed by atoms with E-state index in [1.165, 1.54) is 0 Å². The van der Waals surface area contributed by atoms with Gasteiger partial charge in [-0.05, 0) is 68.5 Å². The summed E-state index contributed by atoms with van der Waals surface area (Å²) in [5.74, 6) is 1.28. The minimum Gasteiger partial charge on any atom is -0.456 e. The summed E-state index contributed by atoms with van der Waals surface area (Å²) < 4.78 is 7.78. The lowest BCUT2D eigenvalue weighted by Gasteiger charge is -2.26. The van der Waals surface area contributed by atoms with Gasteiger partial charge < -0.3 is 14.6 Å². The van der Waals surface area contributed by atoms with Gasteiger partial charge in [0.15, 0.2) is 5.65 Å². The first-order valence-electron chi connectivity index (χ1n) is 13.6. The molecular formula is C31H35N5O3. The van der Waals surface area contributed by atoms with Gasteiger partial charge in [0.2, 0.25) is 0 Å². The molecule has 0 aliphatic carbocycles. The molecule has 0 spiro atoms. The normalized spacial score (nSPS) is 13.9. The number of carbonyl (C=O) groups is 2. The number of anilines is 1. The third-order valence-electron chi connectivity index (χ3n) is 6.64. The Bertz CT molecular complexity index is 1500. The maximum absolute atomic E-state index is 12.9. The Morgan fingerprint density at radius 3 is 2.51 bits per heavy atom. The lowest BCUT2D eigenvalue weighted by atomic mass is 9.98. The summed E-state index contributed by atoms with van der Waals surface area (Å²) in [6.07, 6.45) is 2.68. The molecule has 1 fully saturated rings. The van der Waals surface area contributed by atoms with Crippen molar-refractivity contribution in [1.29, 1.82) is 0 Å². The largest absolute Gasteiger partial charge is 0.456 e. The molecule has 0 unspecified atom stereocenters. The lowest BCUT2D eigenvalue weighted by molar-refractivity contribution is 0.00704. The molecule has 2 aromatic heterocycles. The molecule has 202 valence electrons. The van der Waals surface area contributed by atoms with Crippen LogP contribution in [-0.4, -0.2) is 45.2 Å². The third kappa shape index (κ3) is 5.79. The van der Waals surface area contributed by atoms with Crippen LogP contribution in [0.4, 0.5) is 10.6 Å². The summed E-state index contributed by atoms with van der Waals surface area (Å²) in [5, 5.41) is 2.89. The van der Waals surface area contributed by atoms with Crippen molar-refractivity contribution < 1.29 is 14.3 Å². The molecule has 2 amide bonds. The SMILES string of the molecule is CCCc1nc2ccc(N3CCCNC3=O)nc2n1Cc1ccc(-c2ccccc2C(=O)OC(C)(C)C)cc1. The van der Waals surface area contributed by atoms with Gasteiger partial charge in [0, 0.05) is 19.5 Å². The number of rotatable bonds is 7. The van der Waals surface area contributed by atoms with E-state index >= 15 is 0 Å². The molecular weight excluding hydrogens is 490 g/mol. The van der Waals surface area contributed by atoms with E-state index in [-0.39, 0.29) is 12.0 Å². The Balaban J connectivity index is 1.45. The van der Waals surface area contributed by atoms with Crippen molar-refractivity contribution >= 4 is 29.0 Å². The molecule has 0 radical (unpaired) electrons. The van der Waals surface area contributed by atoms with Crippen molar-refractivity contribution in [1.82, 2.24) is 19.9 Å². The zero-order chi connectivity index (χ0) is 27.6. The molecule has 4 aromatic rings. The summed E-state index contributed by atoms with van der Waals surface area (Å²) in [6, 6.07) is 19.5. The van der Waals surface area contributed by atoms with E-state index in [1.807, 2.05) is 63.2 Å². The topological polar surface area (TPSA) is 89.4 Å². The van der Waals surface area contributed by atoms with E-state index < -0.39 is 5.60 Å². The summed E-state index contributed by atoms with van der Waals surface area (Å²) in [5.41, 5.74) is 4.45. The number of amides is 2. The zero-order valence-corrected chi connectivity index (χ0v) is 23.0. The van der Waals surface area contributed by atoms with E-state index in [0.29, 0.717) is 31.0 Å². The van der Waals surface area contributed by atoms with Crippen LogP contribution < -0.4 is 10.2 Å². The van der Waals surface area contributed by atoms with Crippen LogP contribution in [0.1, 0.15) is 62.3 Å². The second-order valence-electron chi connectivity index (χ2n) is 10.9. The van der Waals surface area contributed by atoms with E-state index in [9.17, 15) is 9.59 Å². The second-order valence-corrected chi connectivity index (χ2v) is 10.9. The number of aryl methyl sites for hydroxylation is 1. The highest BCUT2D eigenvalue weighted by Crippen LogP contribution is 2.27. The molecule has 0 bridgehead atoms. The van der Waals surface area contributed by atoms with Crippen LogP contribution in [0.25, 0.3) is 22.3 Å². The number of carbonyl (C=O) groups excluding carboxylic acids is 2. The summed E-state index contributed by atoms with van der Waals surface area (Å²) in [4.78, 5) is 36.7. The van der Waals surface area contributed by atoms with E-state index in [1.54, 1.807) is 11.0 Å². The molecule has 2 aromatic carbocycles. The number of hydrogen-bond donors (Lipinski definition) is 1. The van der Waals surface area contributed by atoms with Gasteiger partial charge in [0.25, 0.3) is 0 Å². The molecule has 1 N–H and O–H groups in total. The monoisotopic (exact) mass is 525 g/mol. The van der Waals surface area contributed by atoms with Crippen molar-refractivity contribution in [2.24, 2.45) is 0 Å². The number of nitrogens with zero attached hydrogens (tertiary/aromatic N) is 4. The minimum absolute atomic E-state index is 0.116. The highest BCUT2D eigenvalue weighted by molar-refractivity contribution is 5.97. The Labute approximate surface area is 229 Å². The number of fused-ring (bicyclic) bond motifs is 1. The average molecular weight is 526 g/mol. The van der Waals surface area contributed by atoms with Crippen LogP contribution in [-0.2, 0) is 17.7 Å². The van der Waals surface area contributed by atoms with Crippen LogP contribution in [0.15, 0.2) is 60.7 Å². The predicted octanol–water partition coefficient (Wildman–Crippen LogP) is 5.97. The Kier molecular flexibility index (Phi) is 7.37. The summed E-state index contributed by atoms with van der Waals surface area (Å²) >= 11 is 0. The quantitative estimate of drug-likeness (QED) is 0.300. The molecule has 1 aliphatic heterocycles. The number of aromatic nitrogens is 3. The number of esters is 1. The molecule has 5 rings (SSSR count). The predicted molar refractivity (Wildman–Crippen MR) is 153 cm³/mol. The standard InChI is InChI=1S/C31H35N5O3/c1-5-9-26-33-25-16-17-27(35-19-8-18-32-30(35)38)34-28(25)36(26)20-21-12-14-22(15-13-21)23-10-6-7-11-24(23)29(37)39-31(2,3)4/h6-7,10-17H,5,8-9,18-20H2,1-4H3,(H,32,38). The average Bonchev–Trinajstić information content (AvgIpc) is 3.24. The number of imidazole rings is 1. The maximum Gasteiger partial charge on any atom is 0.339 e. The minimum atomic E-state index is -0.566. The molecule has 0 atom stereocenters. The van der Waals surface area contributed by atoms with Gasteiger partial charge in [-0.2, -0.15) is 0 Å². The van der Waals surface area contributed by atoms with Crippen molar-refractivity contribution in [2.75, 3.05) is 18.0 Å². The fraction of sp³-hybridized carbons (Fsp3) is 0.355. The van der Waals surface area contributed by atoms with Gasteiger partial charge in [-0.25, -0.2) is 19.6 Å². The molecule has 39 heavy (non-hydrogen) atoms. The lowest BCUT2D eigenvalue weighted by Crippen LogP contribution is -2.46. The van der Waals surface area contributed by atoms with Gasteiger partial charge in [-0.3, -0.25) is 4.90 Å². The van der Waals surface area contributed by atoms with Crippen LogP contribution in [0.5, 0.6) is 0 Å². The van der Waals surface area contributed by atoms with Gasteiger partial charge in [-0.15, -0.1) is 0 Å². The van der Waals surface area contributed by atoms with Crippen LogP contribution in [0.2, 0.25) is 0 Å². The molecule has 8 nitrogen and oxygen atoms in total. The first-order chi connectivity index (χ1) is 18.7. The van der Waals surface area contributed by atoms with Crippen molar-refractivity contribution in [2.45, 2.75) is 59.1 Å². The van der Waals surface area contributed by atoms with E-state index in [2.05, 4.69) is 28.9 Å². The smallest absolute Gasteiger partial charge is 0.339 e. The van der Waals surface area contributed by atoms with Crippen LogP contribution >= 0.6 is 0 Å². The third-order valence-corrected chi connectivity index (χ3v) is 6.64. The Morgan fingerprint density at radius 2 is 1.79 bits per heavy atom.